The van der Waals surface area contributed by atoms with Gasteiger partial charge in [-0.1, -0.05) is 19.1 Å². The van der Waals surface area contributed by atoms with Crippen molar-refractivity contribution in [1.29, 1.82) is 0 Å². The Kier molecular flexibility index (Phi) is 5.54. The Hall–Kier alpha value is -3.42. The lowest BCUT2D eigenvalue weighted by Crippen LogP contribution is -2.50. The van der Waals surface area contributed by atoms with Gasteiger partial charge in [0, 0.05) is 37.7 Å². The molecule has 178 valence electrons. The average Bonchev–Trinajstić information content (AvgIpc) is 3.34. The molecule has 1 spiro atoms. The molecule has 1 saturated heterocycles. The molecule has 0 radical (unpaired) electrons. The van der Waals surface area contributed by atoms with Crippen molar-refractivity contribution < 1.29 is 27.4 Å². The van der Waals surface area contributed by atoms with Crippen LogP contribution in [0.15, 0.2) is 60.8 Å². The highest BCUT2D eigenvalue weighted by molar-refractivity contribution is 5.94. The zero-order valence-electron chi connectivity index (χ0n) is 18.8. The lowest BCUT2D eigenvalue weighted by molar-refractivity contribution is -0.139. The summed E-state index contributed by atoms with van der Waals surface area (Å²) in [6.45, 7) is 2.75. The van der Waals surface area contributed by atoms with Crippen LogP contribution in [0, 0.1) is 0 Å². The van der Waals surface area contributed by atoms with Crippen molar-refractivity contribution in [2.75, 3.05) is 19.7 Å². The fraction of sp³-hybridized carbons (Fsp3) is 0.346. The van der Waals surface area contributed by atoms with Gasteiger partial charge in [0.25, 0.3) is 5.91 Å². The largest absolute Gasteiger partial charge is 0.493 e. The summed E-state index contributed by atoms with van der Waals surface area (Å²) in [5.74, 6) is 0.107. The van der Waals surface area contributed by atoms with Gasteiger partial charge in [0.1, 0.15) is 11.5 Å². The summed E-state index contributed by atoms with van der Waals surface area (Å²) in [6.07, 6.45) is -0.942. The highest BCUT2D eigenvalue weighted by Crippen LogP contribution is 2.45. The van der Waals surface area contributed by atoms with Crippen molar-refractivity contribution in [2.24, 2.45) is 0 Å². The second-order valence-electron chi connectivity index (χ2n) is 8.68. The fourth-order valence-corrected chi connectivity index (χ4v) is 4.80. The number of piperidine rings is 1. The molecule has 2 aliphatic heterocycles. The van der Waals surface area contributed by atoms with Crippen LogP contribution in [0.2, 0.25) is 0 Å². The van der Waals surface area contributed by atoms with Gasteiger partial charge in [0.2, 0.25) is 0 Å². The normalized spacial score (nSPS) is 16.5. The highest BCUT2D eigenvalue weighted by atomic mass is 19.4. The monoisotopic (exact) mass is 470 g/mol. The minimum absolute atomic E-state index is 0.00501. The molecule has 3 heterocycles. The molecule has 1 amide bonds. The molecule has 1 fully saturated rings. The number of halogens is 3. The number of benzene rings is 2. The number of alkyl halides is 3. The molecule has 3 aromatic rings. The third-order valence-electron chi connectivity index (χ3n) is 6.50. The average molecular weight is 470 g/mol. The van der Waals surface area contributed by atoms with E-state index in [1.807, 2.05) is 49.5 Å². The van der Waals surface area contributed by atoms with E-state index in [1.54, 1.807) is 4.90 Å². The smallest absolute Gasteiger partial charge is 0.419 e. The molecule has 2 aromatic carbocycles. The molecule has 0 bridgehead atoms. The molecule has 0 saturated carbocycles. The third-order valence-corrected chi connectivity index (χ3v) is 6.50. The number of nitrogens with zero attached hydrogens (tertiary/aromatic N) is 2. The fourth-order valence-electron chi connectivity index (χ4n) is 4.80. The first kappa shape index (κ1) is 22.4. The van der Waals surface area contributed by atoms with Crippen molar-refractivity contribution in [3.05, 3.63) is 77.6 Å². The standard InChI is InChI=1S/C26H25F3N2O3/c1-2-16-33-21-10-9-18(17-19(21)26(27,28)29)24(32)30-14-11-25(12-15-30)23-8-5-13-31(23)20-6-3-4-7-22(20)34-25/h3-10,13,17H,2,11-12,14-16H2,1H3. The molecular weight excluding hydrogens is 445 g/mol. The maximum Gasteiger partial charge on any atom is 0.419 e. The van der Waals surface area contributed by atoms with E-state index in [2.05, 4.69) is 4.57 Å². The van der Waals surface area contributed by atoms with Crippen LogP contribution in [0.4, 0.5) is 13.2 Å². The minimum atomic E-state index is -4.61. The van der Waals surface area contributed by atoms with Crippen LogP contribution in [0.25, 0.3) is 5.69 Å². The highest BCUT2D eigenvalue weighted by Gasteiger charge is 2.45. The summed E-state index contributed by atoms with van der Waals surface area (Å²) in [5, 5.41) is 0. The Labute approximate surface area is 195 Å². The third kappa shape index (κ3) is 3.81. The van der Waals surface area contributed by atoms with Gasteiger partial charge in [0.15, 0.2) is 5.60 Å². The molecule has 34 heavy (non-hydrogen) atoms. The lowest BCUT2D eigenvalue weighted by atomic mass is 9.86. The van der Waals surface area contributed by atoms with Gasteiger partial charge in [-0.3, -0.25) is 4.79 Å². The molecule has 2 aliphatic rings. The topological polar surface area (TPSA) is 43.7 Å². The van der Waals surface area contributed by atoms with E-state index in [0.717, 1.165) is 23.2 Å². The van der Waals surface area contributed by atoms with Crippen LogP contribution >= 0.6 is 0 Å². The molecule has 0 atom stereocenters. The number of rotatable bonds is 4. The van der Waals surface area contributed by atoms with Crippen molar-refractivity contribution >= 4 is 5.91 Å². The summed E-state index contributed by atoms with van der Waals surface area (Å²) < 4.78 is 54.7. The Morgan fingerprint density at radius 2 is 1.85 bits per heavy atom. The number of carbonyl (C=O) groups is 1. The predicted octanol–water partition coefficient (Wildman–Crippen LogP) is 5.81. The van der Waals surface area contributed by atoms with Crippen LogP contribution in [-0.4, -0.2) is 35.1 Å². The van der Waals surface area contributed by atoms with Gasteiger partial charge >= 0.3 is 6.18 Å². The van der Waals surface area contributed by atoms with E-state index < -0.39 is 23.2 Å². The molecule has 0 aliphatic carbocycles. The number of para-hydroxylation sites is 2. The second kappa shape index (κ2) is 8.42. The van der Waals surface area contributed by atoms with Gasteiger partial charge in [-0.05, 0) is 48.9 Å². The zero-order chi connectivity index (χ0) is 23.9. The number of likely N-dealkylation sites (tertiary alicyclic amines) is 1. The van der Waals surface area contributed by atoms with Crippen LogP contribution in [-0.2, 0) is 11.8 Å². The van der Waals surface area contributed by atoms with Gasteiger partial charge in [-0.2, -0.15) is 13.2 Å². The van der Waals surface area contributed by atoms with Crippen molar-refractivity contribution in [2.45, 2.75) is 38.0 Å². The molecule has 1 aromatic heterocycles. The molecule has 0 unspecified atom stereocenters. The first-order valence-electron chi connectivity index (χ1n) is 11.4. The number of hydrogen-bond donors (Lipinski definition) is 0. The Morgan fingerprint density at radius 3 is 2.59 bits per heavy atom. The summed E-state index contributed by atoms with van der Waals surface area (Å²) in [6, 6.07) is 15.4. The number of hydrogen-bond acceptors (Lipinski definition) is 3. The van der Waals surface area contributed by atoms with Crippen LogP contribution in [0.1, 0.15) is 47.8 Å². The van der Waals surface area contributed by atoms with E-state index in [0.29, 0.717) is 32.4 Å². The number of aromatic nitrogens is 1. The summed E-state index contributed by atoms with van der Waals surface area (Å²) in [7, 11) is 0. The van der Waals surface area contributed by atoms with E-state index in [1.165, 1.54) is 12.1 Å². The van der Waals surface area contributed by atoms with Crippen LogP contribution in [0.5, 0.6) is 11.5 Å². The Bertz CT molecular complexity index is 1210. The zero-order valence-corrected chi connectivity index (χ0v) is 18.8. The van der Waals surface area contributed by atoms with Crippen molar-refractivity contribution in [3.8, 4) is 17.2 Å². The quantitative estimate of drug-likeness (QED) is 0.484. The van der Waals surface area contributed by atoms with E-state index in [4.69, 9.17) is 9.47 Å². The molecule has 5 nitrogen and oxygen atoms in total. The number of fused-ring (bicyclic) bond motifs is 4. The number of amides is 1. The Balaban J connectivity index is 1.36. The van der Waals surface area contributed by atoms with E-state index >= 15 is 0 Å². The van der Waals surface area contributed by atoms with E-state index in [9.17, 15) is 18.0 Å². The maximum atomic E-state index is 13.6. The van der Waals surface area contributed by atoms with E-state index in [-0.39, 0.29) is 17.9 Å². The SMILES string of the molecule is CCCOc1ccc(C(=O)N2CCC3(CC2)Oc2ccccc2-n2cccc23)cc1C(F)(F)F. The first-order valence-corrected chi connectivity index (χ1v) is 11.4. The van der Waals surface area contributed by atoms with Crippen LogP contribution < -0.4 is 9.47 Å². The molecule has 8 heteroatoms. The number of ether oxygens (including phenoxy) is 2. The maximum absolute atomic E-state index is 13.6. The Morgan fingerprint density at radius 1 is 1.09 bits per heavy atom. The van der Waals surface area contributed by atoms with Crippen molar-refractivity contribution in [1.82, 2.24) is 9.47 Å². The predicted molar refractivity (Wildman–Crippen MR) is 120 cm³/mol. The van der Waals surface area contributed by atoms with Gasteiger partial charge < -0.3 is 18.9 Å². The number of carbonyl (C=O) groups excluding carboxylic acids is 1. The summed E-state index contributed by atoms with van der Waals surface area (Å²) in [5.41, 5.74) is 0.492. The summed E-state index contributed by atoms with van der Waals surface area (Å²) in [4.78, 5) is 14.7. The van der Waals surface area contributed by atoms with Gasteiger partial charge in [-0.15, -0.1) is 0 Å². The molecular formula is C26H25F3N2O3. The molecule has 0 N–H and O–H groups in total. The lowest BCUT2D eigenvalue weighted by Gasteiger charge is -2.45. The van der Waals surface area contributed by atoms with Crippen molar-refractivity contribution in [3.63, 3.8) is 0 Å². The minimum Gasteiger partial charge on any atom is -0.493 e. The first-order chi connectivity index (χ1) is 16.3. The molecule has 5 rings (SSSR count). The van der Waals surface area contributed by atoms with Crippen LogP contribution in [0.3, 0.4) is 0 Å². The van der Waals surface area contributed by atoms with Gasteiger partial charge in [-0.25, -0.2) is 0 Å². The second-order valence-corrected chi connectivity index (χ2v) is 8.68. The summed E-state index contributed by atoms with van der Waals surface area (Å²) >= 11 is 0. The van der Waals surface area contributed by atoms with Gasteiger partial charge in [0.05, 0.1) is 23.6 Å².